The van der Waals surface area contributed by atoms with Crippen molar-refractivity contribution in [3.05, 3.63) is 55.7 Å². The van der Waals surface area contributed by atoms with Crippen LogP contribution in [0.2, 0.25) is 5.02 Å². The smallest absolute Gasteiger partial charge is 0.259 e. The van der Waals surface area contributed by atoms with Crippen LogP contribution in [0, 0.1) is 6.92 Å². The second kappa shape index (κ2) is 4.49. The fraction of sp³-hybridized carbons (Fsp3) is 0.200. The zero-order chi connectivity index (χ0) is 14.4. The summed E-state index contributed by atoms with van der Waals surface area (Å²) in [5, 5.41) is 2.19. The fourth-order valence-corrected chi connectivity index (χ4v) is 2.83. The first kappa shape index (κ1) is 12.9. The first-order chi connectivity index (χ1) is 9.54. The lowest BCUT2D eigenvalue weighted by molar-refractivity contribution is 0.762. The maximum atomic E-state index is 12.6. The number of benzene rings is 1. The number of hydrogen-bond acceptors (Lipinski definition) is 2. The van der Waals surface area contributed by atoms with Gasteiger partial charge in [-0.25, -0.2) is 0 Å². The molecule has 3 aromatic rings. The Hall–Kier alpha value is -2.07. The number of nitrogens with zero attached hydrogens (tertiary/aromatic N) is 1. The molecule has 0 unspecified atom stereocenters. The van der Waals surface area contributed by atoms with E-state index in [2.05, 4.69) is 4.98 Å². The lowest BCUT2D eigenvalue weighted by Crippen LogP contribution is -2.22. The summed E-state index contributed by atoms with van der Waals surface area (Å²) >= 11 is 5.92. The van der Waals surface area contributed by atoms with Crippen LogP contribution in [0.5, 0.6) is 0 Å². The number of aryl methyl sites for hydroxylation is 2. The number of aromatic amines is 1. The van der Waals surface area contributed by atoms with E-state index in [0.29, 0.717) is 11.9 Å². The Kier molecular flexibility index (Phi) is 2.91. The molecule has 2 aromatic heterocycles. The van der Waals surface area contributed by atoms with E-state index in [4.69, 9.17) is 11.6 Å². The highest BCUT2D eigenvalue weighted by atomic mass is 35.5. The predicted molar refractivity (Wildman–Crippen MR) is 81.8 cm³/mol. The Labute approximate surface area is 119 Å². The van der Waals surface area contributed by atoms with Crippen LogP contribution >= 0.6 is 11.6 Å². The highest BCUT2D eigenvalue weighted by Gasteiger charge is 2.13. The summed E-state index contributed by atoms with van der Waals surface area (Å²) in [6.07, 6.45) is 1.82. The molecule has 0 saturated carbocycles. The number of H-pyrrole nitrogens is 1. The van der Waals surface area contributed by atoms with E-state index in [-0.39, 0.29) is 16.0 Å². The van der Waals surface area contributed by atoms with Crippen molar-refractivity contribution >= 4 is 33.3 Å². The van der Waals surface area contributed by atoms with Gasteiger partial charge < -0.3 is 9.55 Å². The van der Waals surface area contributed by atoms with E-state index in [1.807, 2.05) is 26.1 Å². The average molecular weight is 289 g/mol. The molecule has 0 aliphatic rings. The zero-order valence-electron chi connectivity index (χ0n) is 11.2. The lowest BCUT2D eigenvalue weighted by atomic mass is 10.1. The first-order valence-corrected chi connectivity index (χ1v) is 6.76. The average Bonchev–Trinajstić information content (AvgIpc) is 2.42. The Bertz CT molecular complexity index is 954. The van der Waals surface area contributed by atoms with Crippen molar-refractivity contribution in [1.29, 1.82) is 0 Å². The molecule has 0 saturated heterocycles. The van der Waals surface area contributed by atoms with Gasteiger partial charge in [0.05, 0.1) is 15.9 Å². The van der Waals surface area contributed by atoms with Gasteiger partial charge in [0.25, 0.3) is 5.56 Å². The summed E-state index contributed by atoms with van der Waals surface area (Å²) in [5.41, 5.74) is 1.27. The summed E-state index contributed by atoms with van der Waals surface area (Å²) in [5.74, 6) is 0. The molecule has 2 heterocycles. The van der Waals surface area contributed by atoms with Crippen LogP contribution in [0.15, 0.2) is 34.0 Å². The molecular weight excluding hydrogens is 276 g/mol. The highest BCUT2D eigenvalue weighted by Crippen LogP contribution is 2.24. The van der Waals surface area contributed by atoms with Crippen LogP contribution in [0.25, 0.3) is 21.7 Å². The second-order valence-electron chi connectivity index (χ2n) is 4.74. The monoisotopic (exact) mass is 288 g/mol. The number of aromatic nitrogens is 2. The standard InChI is InChI=1S/C15H13ClN2O2/c1-3-18-14-8(2)17-5-4-9(14)10-6-12(16)13(19)7-11(10)15(18)20/h4-7,17H,3H2,1-2H3. The third-order valence-corrected chi connectivity index (χ3v) is 3.88. The van der Waals surface area contributed by atoms with Gasteiger partial charge in [0.15, 0.2) is 5.43 Å². The molecule has 20 heavy (non-hydrogen) atoms. The van der Waals surface area contributed by atoms with Crippen molar-refractivity contribution in [3.8, 4) is 0 Å². The number of fused-ring (bicyclic) bond motifs is 3. The molecule has 0 radical (unpaired) electrons. The minimum Gasteiger partial charge on any atom is -0.364 e. The molecule has 3 rings (SSSR count). The van der Waals surface area contributed by atoms with Gasteiger partial charge in [0.1, 0.15) is 0 Å². The summed E-state index contributed by atoms with van der Waals surface area (Å²) in [4.78, 5) is 27.4. The molecule has 0 amide bonds. The molecule has 0 fully saturated rings. The topological polar surface area (TPSA) is 54.9 Å². The van der Waals surface area contributed by atoms with Crippen molar-refractivity contribution in [2.24, 2.45) is 0 Å². The van der Waals surface area contributed by atoms with E-state index < -0.39 is 0 Å². The highest BCUT2D eigenvalue weighted by molar-refractivity contribution is 6.31. The molecule has 102 valence electrons. The van der Waals surface area contributed by atoms with E-state index in [0.717, 1.165) is 22.0 Å². The molecule has 1 N–H and O–H groups in total. The molecule has 1 aromatic carbocycles. The van der Waals surface area contributed by atoms with E-state index in [1.54, 1.807) is 10.6 Å². The number of pyridine rings is 2. The molecule has 0 spiro atoms. The largest absolute Gasteiger partial charge is 0.364 e. The number of nitrogens with one attached hydrogen (secondary N) is 1. The van der Waals surface area contributed by atoms with Crippen LogP contribution in [0.1, 0.15) is 12.6 Å². The van der Waals surface area contributed by atoms with Gasteiger partial charge in [0.2, 0.25) is 0 Å². The molecule has 0 atom stereocenters. The van der Waals surface area contributed by atoms with Crippen molar-refractivity contribution in [2.75, 3.05) is 0 Å². The van der Waals surface area contributed by atoms with Crippen LogP contribution in [0.3, 0.4) is 0 Å². The number of halogens is 1. The van der Waals surface area contributed by atoms with Crippen molar-refractivity contribution in [1.82, 2.24) is 9.55 Å². The maximum Gasteiger partial charge on any atom is 0.259 e. The van der Waals surface area contributed by atoms with Gasteiger partial charge in [-0.05, 0) is 31.4 Å². The minimum absolute atomic E-state index is 0.137. The molecule has 0 bridgehead atoms. The zero-order valence-corrected chi connectivity index (χ0v) is 11.9. The van der Waals surface area contributed by atoms with Crippen molar-refractivity contribution < 1.29 is 0 Å². The summed E-state index contributed by atoms with van der Waals surface area (Å²) in [6.45, 7) is 4.37. The molecular formula is C15H13ClN2O2. The van der Waals surface area contributed by atoms with Crippen molar-refractivity contribution in [3.63, 3.8) is 0 Å². The minimum atomic E-state index is -0.322. The van der Waals surface area contributed by atoms with E-state index in [9.17, 15) is 9.59 Å². The van der Waals surface area contributed by atoms with Crippen molar-refractivity contribution in [2.45, 2.75) is 20.4 Å². The predicted octanol–water partition coefficient (Wildman–Crippen LogP) is 2.82. The van der Waals surface area contributed by atoms with Gasteiger partial charge in [-0.15, -0.1) is 0 Å². The number of hydrogen-bond donors (Lipinski definition) is 1. The van der Waals surface area contributed by atoms with Crippen LogP contribution < -0.4 is 11.0 Å². The van der Waals surface area contributed by atoms with Gasteiger partial charge in [0, 0.05) is 29.9 Å². The van der Waals surface area contributed by atoms with Crippen LogP contribution in [0.4, 0.5) is 0 Å². The van der Waals surface area contributed by atoms with Gasteiger partial charge >= 0.3 is 0 Å². The molecule has 0 aliphatic heterocycles. The Morgan fingerprint density at radius 1 is 1.20 bits per heavy atom. The van der Waals surface area contributed by atoms with Crippen LogP contribution in [-0.2, 0) is 6.54 Å². The first-order valence-electron chi connectivity index (χ1n) is 6.38. The number of rotatable bonds is 1. The fourth-order valence-electron chi connectivity index (χ4n) is 2.67. The Balaban J connectivity index is 2.73. The normalized spacial score (nSPS) is 11.3. The van der Waals surface area contributed by atoms with Gasteiger partial charge in [-0.2, -0.15) is 0 Å². The maximum absolute atomic E-state index is 12.6. The SMILES string of the molecule is CCn1c(=O)c2cc(=O)c(Cl)cc2c2cc[nH]c(C)c21. The third-order valence-electron chi connectivity index (χ3n) is 3.58. The van der Waals surface area contributed by atoms with E-state index >= 15 is 0 Å². The van der Waals surface area contributed by atoms with Gasteiger partial charge in [-0.3, -0.25) is 9.59 Å². The third kappa shape index (κ3) is 1.68. The lowest BCUT2D eigenvalue weighted by Gasteiger charge is -2.13. The Morgan fingerprint density at radius 3 is 2.65 bits per heavy atom. The summed E-state index contributed by atoms with van der Waals surface area (Å²) in [6, 6.07) is 4.82. The Morgan fingerprint density at radius 2 is 1.95 bits per heavy atom. The molecule has 0 aliphatic carbocycles. The van der Waals surface area contributed by atoms with E-state index in [1.165, 1.54) is 6.07 Å². The van der Waals surface area contributed by atoms with Crippen LogP contribution in [-0.4, -0.2) is 9.55 Å². The molecule has 5 heteroatoms. The summed E-state index contributed by atoms with van der Waals surface area (Å²) in [7, 11) is 0. The van der Waals surface area contributed by atoms with Gasteiger partial charge in [-0.1, -0.05) is 11.6 Å². The summed E-state index contributed by atoms with van der Waals surface area (Å²) < 4.78 is 1.68. The second-order valence-corrected chi connectivity index (χ2v) is 5.15. The molecule has 4 nitrogen and oxygen atoms in total. The quantitative estimate of drug-likeness (QED) is 0.700.